The molecule has 0 rings (SSSR count). The minimum Gasteiger partial charge on any atom is -0.396 e. The Morgan fingerprint density at radius 2 is 0.929 bits per heavy atom. The van der Waals surface area contributed by atoms with Crippen LogP contribution in [0.5, 0.6) is 0 Å². The van der Waals surface area contributed by atoms with Crippen LogP contribution in [-0.2, 0) is 0 Å². The Morgan fingerprint density at radius 1 is 0.571 bits per heavy atom. The first-order chi connectivity index (χ1) is 6.83. The fourth-order valence-electron chi connectivity index (χ4n) is 0.534. The molecular weight excluding hydrogens is 184 g/mol. The van der Waals surface area contributed by atoms with Gasteiger partial charge in [0.15, 0.2) is 0 Å². The highest BCUT2D eigenvalue weighted by atomic mass is 16.3. The molecule has 4 N–H and O–H groups in total. The molecule has 0 aromatic heterocycles. The van der Waals surface area contributed by atoms with Crippen LogP contribution in [0.1, 0.15) is 12.8 Å². The van der Waals surface area contributed by atoms with E-state index in [4.69, 9.17) is 20.4 Å². The highest BCUT2D eigenvalue weighted by molar-refractivity contribution is 4.80. The van der Waals surface area contributed by atoms with Gasteiger partial charge in [-0.3, -0.25) is 0 Å². The average Bonchev–Trinajstić information content (AvgIpc) is 2.22. The smallest absolute Gasteiger partial charge is 0.0613 e. The van der Waals surface area contributed by atoms with Crippen LogP contribution in [0.2, 0.25) is 0 Å². The molecule has 0 aliphatic rings. The lowest BCUT2D eigenvalue weighted by molar-refractivity contribution is 0.298. The summed E-state index contributed by atoms with van der Waals surface area (Å²) in [6.45, 7) is 0.422. The van der Waals surface area contributed by atoms with Gasteiger partial charge in [0.1, 0.15) is 0 Å². The first-order valence-corrected chi connectivity index (χ1v) is 4.56. The van der Waals surface area contributed by atoms with Gasteiger partial charge < -0.3 is 20.4 Å². The van der Waals surface area contributed by atoms with Crippen molar-refractivity contribution in [1.82, 2.24) is 0 Å². The Labute approximate surface area is 84.8 Å². The zero-order chi connectivity index (χ0) is 11.1. The molecule has 0 atom stereocenters. The van der Waals surface area contributed by atoms with Gasteiger partial charge in [0.25, 0.3) is 0 Å². The molecule has 4 heteroatoms. The average molecular weight is 204 g/mol. The molecule has 0 fully saturated rings. The summed E-state index contributed by atoms with van der Waals surface area (Å²) in [6, 6.07) is 0. The van der Waals surface area contributed by atoms with E-state index in [2.05, 4.69) is 0 Å². The van der Waals surface area contributed by atoms with Crippen molar-refractivity contribution in [2.45, 2.75) is 12.8 Å². The number of rotatable bonds is 6. The SMILES string of the molecule is OC/C=C/CO.OCC/C=C/CCO. The molecule has 0 heterocycles. The molecule has 0 aromatic rings. The van der Waals surface area contributed by atoms with Crippen LogP contribution in [0.4, 0.5) is 0 Å². The summed E-state index contributed by atoms with van der Waals surface area (Å²) in [7, 11) is 0. The molecule has 0 unspecified atom stereocenters. The lowest BCUT2D eigenvalue weighted by Gasteiger charge is -1.83. The lowest BCUT2D eigenvalue weighted by Crippen LogP contribution is -1.78. The van der Waals surface area contributed by atoms with Crippen molar-refractivity contribution >= 4 is 0 Å². The number of aliphatic hydroxyl groups excluding tert-OH is 4. The number of hydrogen-bond donors (Lipinski definition) is 4. The minimum atomic E-state index is 0.0144. The summed E-state index contributed by atoms with van der Waals surface area (Å²) < 4.78 is 0. The van der Waals surface area contributed by atoms with Crippen LogP contribution in [0.25, 0.3) is 0 Å². The Hall–Kier alpha value is -0.680. The first kappa shape index (κ1) is 15.8. The highest BCUT2D eigenvalue weighted by Crippen LogP contribution is 1.83. The third-order valence-corrected chi connectivity index (χ3v) is 1.14. The Kier molecular flexibility index (Phi) is 20.5. The van der Waals surface area contributed by atoms with Gasteiger partial charge >= 0.3 is 0 Å². The second-order valence-electron chi connectivity index (χ2n) is 2.33. The third-order valence-electron chi connectivity index (χ3n) is 1.14. The molecule has 0 aliphatic carbocycles. The quantitative estimate of drug-likeness (QED) is 0.453. The molecule has 0 spiro atoms. The van der Waals surface area contributed by atoms with Gasteiger partial charge in [-0.15, -0.1) is 0 Å². The maximum absolute atomic E-state index is 8.25. The van der Waals surface area contributed by atoms with Gasteiger partial charge in [-0.2, -0.15) is 0 Å². The second kappa shape index (κ2) is 18.2. The molecule has 14 heavy (non-hydrogen) atoms. The van der Waals surface area contributed by atoms with Crippen molar-refractivity contribution in [2.24, 2.45) is 0 Å². The van der Waals surface area contributed by atoms with E-state index >= 15 is 0 Å². The van der Waals surface area contributed by atoms with Crippen molar-refractivity contribution in [1.29, 1.82) is 0 Å². The van der Waals surface area contributed by atoms with E-state index in [1.165, 1.54) is 12.2 Å². The summed E-state index contributed by atoms with van der Waals surface area (Å²) in [5, 5.41) is 32.5. The van der Waals surface area contributed by atoms with Crippen LogP contribution >= 0.6 is 0 Å². The topological polar surface area (TPSA) is 80.9 Å². The largest absolute Gasteiger partial charge is 0.396 e. The van der Waals surface area contributed by atoms with E-state index in [9.17, 15) is 0 Å². The maximum Gasteiger partial charge on any atom is 0.0613 e. The van der Waals surface area contributed by atoms with Crippen LogP contribution in [0.15, 0.2) is 24.3 Å². The molecular formula is C10H20O4. The second-order valence-corrected chi connectivity index (χ2v) is 2.33. The van der Waals surface area contributed by atoms with Crippen LogP contribution in [0.3, 0.4) is 0 Å². The number of aliphatic hydroxyl groups is 4. The van der Waals surface area contributed by atoms with Crippen molar-refractivity contribution in [3.8, 4) is 0 Å². The van der Waals surface area contributed by atoms with Crippen LogP contribution in [0, 0.1) is 0 Å². The fraction of sp³-hybridized carbons (Fsp3) is 0.600. The standard InChI is InChI=1S/C6H12O2.C4H8O2/c7-5-3-1-2-4-6-8;5-3-1-2-4-6/h1-2,7-8H,3-6H2;1-2,5-6H,3-4H2/b2*2-1+. The van der Waals surface area contributed by atoms with E-state index in [-0.39, 0.29) is 26.4 Å². The zero-order valence-corrected chi connectivity index (χ0v) is 8.34. The summed E-state index contributed by atoms with van der Waals surface area (Å²) in [6.07, 6.45) is 8.08. The molecule has 0 aromatic carbocycles. The van der Waals surface area contributed by atoms with E-state index in [1.807, 2.05) is 12.2 Å². The Balaban J connectivity index is 0. The van der Waals surface area contributed by atoms with Crippen molar-refractivity contribution in [3.05, 3.63) is 24.3 Å². The van der Waals surface area contributed by atoms with E-state index < -0.39 is 0 Å². The predicted octanol–water partition coefficient (Wildman–Crippen LogP) is -0.165. The normalized spacial score (nSPS) is 10.6. The summed E-state index contributed by atoms with van der Waals surface area (Å²) >= 11 is 0. The van der Waals surface area contributed by atoms with Gasteiger partial charge in [-0.25, -0.2) is 0 Å². The summed E-state index contributed by atoms with van der Waals surface area (Å²) in [4.78, 5) is 0. The molecule has 84 valence electrons. The molecule has 0 radical (unpaired) electrons. The van der Waals surface area contributed by atoms with E-state index in [0.717, 1.165) is 0 Å². The van der Waals surface area contributed by atoms with Crippen LogP contribution in [-0.4, -0.2) is 46.9 Å². The zero-order valence-electron chi connectivity index (χ0n) is 8.34. The molecule has 4 nitrogen and oxygen atoms in total. The van der Waals surface area contributed by atoms with Gasteiger partial charge in [-0.05, 0) is 12.8 Å². The Bertz CT molecular complexity index is 118. The van der Waals surface area contributed by atoms with E-state index in [0.29, 0.717) is 12.8 Å². The highest BCUT2D eigenvalue weighted by Gasteiger charge is 1.73. The molecule has 0 amide bonds. The first-order valence-electron chi connectivity index (χ1n) is 4.56. The van der Waals surface area contributed by atoms with Crippen molar-refractivity contribution in [2.75, 3.05) is 26.4 Å². The third kappa shape index (κ3) is 22.5. The monoisotopic (exact) mass is 204 g/mol. The van der Waals surface area contributed by atoms with E-state index in [1.54, 1.807) is 0 Å². The molecule has 0 saturated carbocycles. The predicted molar refractivity (Wildman–Crippen MR) is 55.9 cm³/mol. The Morgan fingerprint density at radius 3 is 1.14 bits per heavy atom. The molecule has 0 saturated heterocycles. The van der Waals surface area contributed by atoms with Crippen molar-refractivity contribution < 1.29 is 20.4 Å². The lowest BCUT2D eigenvalue weighted by atomic mass is 10.3. The number of hydrogen-bond acceptors (Lipinski definition) is 4. The molecule has 0 aliphatic heterocycles. The van der Waals surface area contributed by atoms with Gasteiger partial charge in [0.2, 0.25) is 0 Å². The van der Waals surface area contributed by atoms with Gasteiger partial charge in [0.05, 0.1) is 13.2 Å². The molecule has 0 bridgehead atoms. The van der Waals surface area contributed by atoms with Gasteiger partial charge in [0, 0.05) is 13.2 Å². The van der Waals surface area contributed by atoms with Gasteiger partial charge in [-0.1, -0.05) is 24.3 Å². The maximum atomic E-state index is 8.25. The van der Waals surface area contributed by atoms with Crippen LogP contribution < -0.4 is 0 Å². The summed E-state index contributed by atoms with van der Waals surface area (Å²) in [5.41, 5.74) is 0. The minimum absolute atomic E-state index is 0.0144. The van der Waals surface area contributed by atoms with Crippen molar-refractivity contribution in [3.63, 3.8) is 0 Å². The summed E-state index contributed by atoms with van der Waals surface area (Å²) in [5.74, 6) is 0. The fourth-order valence-corrected chi connectivity index (χ4v) is 0.534.